The zero-order chi connectivity index (χ0) is 17.2. The van der Waals surface area contributed by atoms with E-state index in [0.717, 1.165) is 22.2 Å². The predicted molar refractivity (Wildman–Crippen MR) is 95.9 cm³/mol. The molecular weight excluding hydrogens is 336 g/mol. The van der Waals surface area contributed by atoms with Crippen LogP contribution in [0.5, 0.6) is 0 Å². The van der Waals surface area contributed by atoms with Crippen LogP contribution in [0.1, 0.15) is 11.1 Å². The van der Waals surface area contributed by atoms with E-state index < -0.39 is 0 Å². The second-order valence-corrected chi connectivity index (χ2v) is 6.53. The summed E-state index contributed by atoms with van der Waals surface area (Å²) in [5, 5.41) is 13.5. The highest BCUT2D eigenvalue weighted by Gasteiger charge is 2.11. The van der Waals surface area contributed by atoms with Gasteiger partial charge in [0, 0.05) is 17.2 Å². The summed E-state index contributed by atoms with van der Waals surface area (Å²) in [4.78, 5) is 11.8. The van der Waals surface area contributed by atoms with Crippen LogP contribution in [0.25, 0.3) is 16.7 Å². The van der Waals surface area contributed by atoms with Gasteiger partial charge < -0.3 is 4.42 Å². The molecule has 4 aromatic rings. The molecule has 0 bridgehead atoms. The molecule has 0 spiro atoms. The molecule has 25 heavy (non-hydrogen) atoms. The van der Waals surface area contributed by atoms with Crippen LogP contribution in [0.2, 0.25) is 0 Å². The lowest BCUT2D eigenvalue weighted by molar-refractivity contribution is 0.559. The molecule has 2 heterocycles. The van der Waals surface area contributed by atoms with Gasteiger partial charge in [0.05, 0.1) is 5.69 Å². The normalized spacial score (nSPS) is 11.1. The molecule has 0 radical (unpaired) electrons. The van der Waals surface area contributed by atoms with Gasteiger partial charge in [0.1, 0.15) is 5.58 Å². The van der Waals surface area contributed by atoms with E-state index in [-0.39, 0.29) is 5.63 Å². The number of para-hydroxylation sites is 1. The number of rotatable bonds is 4. The molecule has 2 aromatic carbocycles. The molecule has 0 atom stereocenters. The van der Waals surface area contributed by atoms with Crippen molar-refractivity contribution in [2.45, 2.75) is 17.8 Å². The van der Waals surface area contributed by atoms with Crippen molar-refractivity contribution in [3.63, 3.8) is 0 Å². The second-order valence-electron chi connectivity index (χ2n) is 5.59. The van der Waals surface area contributed by atoms with Gasteiger partial charge in [-0.05, 0) is 47.2 Å². The Morgan fingerprint density at radius 3 is 2.80 bits per heavy atom. The Morgan fingerprint density at radius 1 is 1.12 bits per heavy atom. The minimum atomic E-state index is -0.352. The largest absolute Gasteiger partial charge is 0.423 e. The number of thioether (sulfide) groups is 1. The summed E-state index contributed by atoms with van der Waals surface area (Å²) < 4.78 is 6.96. The highest BCUT2D eigenvalue weighted by molar-refractivity contribution is 7.98. The van der Waals surface area contributed by atoms with Crippen LogP contribution in [-0.4, -0.2) is 20.2 Å². The number of tetrazole rings is 1. The number of nitrogens with zero attached hydrogens (tertiary/aromatic N) is 4. The smallest absolute Gasteiger partial charge is 0.336 e. The maximum absolute atomic E-state index is 11.8. The first-order chi connectivity index (χ1) is 12.2. The van der Waals surface area contributed by atoms with Crippen LogP contribution in [0.3, 0.4) is 0 Å². The predicted octanol–water partition coefficient (Wildman–Crippen LogP) is 3.37. The summed E-state index contributed by atoms with van der Waals surface area (Å²) in [6.07, 6.45) is 0. The summed E-state index contributed by atoms with van der Waals surface area (Å²) in [5.74, 6) is 0.568. The molecule has 0 saturated heterocycles. The Kier molecular flexibility index (Phi) is 4.07. The van der Waals surface area contributed by atoms with E-state index in [4.69, 9.17) is 4.42 Å². The zero-order valence-electron chi connectivity index (χ0n) is 13.4. The van der Waals surface area contributed by atoms with Gasteiger partial charge >= 0.3 is 5.63 Å². The van der Waals surface area contributed by atoms with Crippen molar-refractivity contribution in [3.8, 4) is 5.69 Å². The van der Waals surface area contributed by atoms with Crippen LogP contribution >= 0.6 is 11.8 Å². The molecule has 2 aromatic heterocycles. The minimum Gasteiger partial charge on any atom is -0.423 e. The molecular formula is C18H14N4O2S. The maximum atomic E-state index is 11.8. The first-order valence-corrected chi connectivity index (χ1v) is 8.69. The average molecular weight is 350 g/mol. The van der Waals surface area contributed by atoms with Gasteiger partial charge in [0.15, 0.2) is 0 Å². The van der Waals surface area contributed by atoms with Crippen molar-refractivity contribution in [2.75, 3.05) is 0 Å². The monoisotopic (exact) mass is 350 g/mol. The highest BCUT2D eigenvalue weighted by Crippen LogP contribution is 2.26. The maximum Gasteiger partial charge on any atom is 0.336 e. The van der Waals surface area contributed by atoms with E-state index >= 15 is 0 Å². The SMILES string of the molecule is Cc1ccc2oc(=O)cc(CSc3nnnn3-c3ccccc3)c2c1. The third-order valence-electron chi connectivity index (χ3n) is 3.78. The standard InChI is InChI=1S/C18H14N4O2S/c1-12-7-8-16-15(9-12)13(10-17(23)24-16)11-25-18-19-20-21-22(18)14-5-3-2-4-6-14/h2-10H,11H2,1H3. The first kappa shape index (κ1) is 15.6. The third-order valence-corrected chi connectivity index (χ3v) is 4.75. The van der Waals surface area contributed by atoms with Gasteiger partial charge in [0.25, 0.3) is 0 Å². The molecule has 0 aliphatic rings. The van der Waals surface area contributed by atoms with Crippen LogP contribution in [0.4, 0.5) is 0 Å². The van der Waals surface area contributed by atoms with Crippen LogP contribution in [0.15, 0.2) is 69.0 Å². The van der Waals surface area contributed by atoms with Gasteiger partial charge in [-0.3, -0.25) is 0 Å². The molecule has 0 saturated carbocycles. The lowest BCUT2D eigenvalue weighted by Crippen LogP contribution is -2.01. The zero-order valence-corrected chi connectivity index (χ0v) is 14.2. The van der Waals surface area contributed by atoms with Gasteiger partial charge in [-0.15, -0.1) is 5.10 Å². The quantitative estimate of drug-likeness (QED) is 0.415. The number of aromatic nitrogens is 4. The van der Waals surface area contributed by atoms with E-state index in [1.54, 1.807) is 4.68 Å². The Balaban J connectivity index is 1.67. The molecule has 0 aliphatic carbocycles. The van der Waals surface area contributed by atoms with Gasteiger partial charge in [-0.1, -0.05) is 41.6 Å². The van der Waals surface area contributed by atoms with Crippen LogP contribution in [-0.2, 0) is 5.75 Å². The van der Waals surface area contributed by atoms with E-state index in [2.05, 4.69) is 15.5 Å². The van der Waals surface area contributed by atoms with Crippen molar-refractivity contribution in [1.29, 1.82) is 0 Å². The molecule has 7 heteroatoms. The summed E-state index contributed by atoms with van der Waals surface area (Å²) in [5.41, 5.74) is 3.15. The fraction of sp³-hybridized carbons (Fsp3) is 0.111. The topological polar surface area (TPSA) is 73.8 Å². The van der Waals surface area contributed by atoms with E-state index in [1.807, 2.05) is 55.5 Å². The van der Waals surface area contributed by atoms with Gasteiger partial charge in [-0.2, -0.15) is 4.68 Å². The van der Waals surface area contributed by atoms with Crippen LogP contribution < -0.4 is 5.63 Å². The lowest BCUT2D eigenvalue weighted by Gasteiger charge is -2.07. The Hall–Kier alpha value is -2.93. The molecule has 4 rings (SSSR count). The molecule has 0 N–H and O–H groups in total. The number of hydrogen-bond donors (Lipinski definition) is 0. The van der Waals surface area contributed by atoms with E-state index in [1.165, 1.54) is 17.8 Å². The molecule has 0 fully saturated rings. The summed E-state index contributed by atoms with van der Waals surface area (Å²) >= 11 is 1.48. The summed E-state index contributed by atoms with van der Waals surface area (Å²) in [6.45, 7) is 2.01. The Morgan fingerprint density at radius 2 is 1.96 bits per heavy atom. The van der Waals surface area contributed by atoms with Crippen molar-refractivity contribution in [3.05, 3.63) is 76.1 Å². The molecule has 0 unspecified atom stereocenters. The van der Waals surface area contributed by atoms with Crippen molar-refractivity contribution >= 4 is 22.7 Å². The molecule has 6 nitrogen and oxygen atoms in total. The van der Waals surface area contributed by atoms with E-state index in [0.29, 0.717) is 16.5 Å². The molecule has 0 aliphatic heterocycles. The second kappa shape index (κ2) is 6.52. The van der Waals surface area contributed by atoms with Crippen molar-refractivity contribution < 1.29 is 4.42 Å². The van der Waals surface area contributed by atoms with Gasteiger partial charge in [-0.25, -0.2) is 4.79 Å². The highest BCUT2D eigenvalue weighted by atomic mass is 32.2. The minimum absolute atomic E-state index is 0.352. The van der Waals surface area contributed by atoms with Gasteiger partial charge in [0.2, 0.25) is 5.16 Å². The average Bonchev–Trinajstić information content (AvgIpc) is 3.09. The summed E-state index contributed by atoms with van der Waals surface area (Å²) in [7, 11) is 0. The van der Waals surface area contributed by atoms with E-state index in [9.17, 15) is 4.79 Å². The van der Waals surface area contributed by atoms with Crippen molar-refractivity contribution in [1.82, 2.24) is 20.2 Å². The Labute approximate surface area is 147 Å². The Bertz CT molecular complexity index is 1090. The number of benzene rings is 2. The third kappa shape index (κ3) is 3.18. The van der Waals surface area contributed by atoms with Crippen molar-refractivity contribution in [2.24, 2.45) is 0 Å². The fourth-order valence-electron chi connectivity index (χ4n) is 2.60. The number of fused-ring (bicyclic) bond motifs is 1. The lowest BCUT2D eigenvalue weighted by atomic mass is 10.1. The number of hydrogen-bond acceptors (Lipinski definition) is 6. The fourth-order valence-corrected chi connectivity index (χ4v) is 3.49. The first-order valence-electron chi connectivity index (χ1n) is 7.71. The molecule has 0 amide bonds. The summed E-state index contributed by atoms with van der Waals surface area (Å²) in [6, 6.07) is 17.0. The molecule has 124 valence electrons. The number of aryl methyl sites for hydroxylation is 1. The van der Waals surface area contributed by atoms with Crippen LogP contribution in [0, 0.1) is 6.92 Å².